The Morgan fingerprint density at radius 3 is 1.76 bits per heavy atom. The van der Waals surface area contributed by atoms with Crippen molar-refractivity contribution in [2.75, 3.05) is 10.6 Å². The minimum absolute atomic E-state index is 0.0375. The van der Waals surface area contributed by atoms with Crippen LogP contribution in [0.5, 0.6) is 0 Å². The minimum Gasteiger partial charge on any atom is -0.326 e. The van der Waals surface area contributed by atoms with Crippen LogP contribution in [-0.2, 0) is 22.4 Å². The molecule has 0 radical (unpaired) electrons. The molecule has 0 bridgehead atoms. The Hall–Kier alpha value is -3.40. The number of carbonyl (C=O) groups excluding carboxylic acids is 2. The Bertz CT molecular complexity index is 953. The predicted octanol–water partition coefficient (Wildman–Crippen LogP) is 5.14. The first-order valence-electron chi connectivity index (χ1n) is 9.88. The Morgan fingerprint density at radius 1 is 0.690 bits per heavy atom. The van der Waals surface area contributed by atoms with Crippen LogP contribution < -0.4 is 10.6 Å². The lowest BCUT2D eigenvalue weighted by Crippen LogP contribution is -2.15. The van der Waals surface area contributed by atoms with Gasteiger partial charge in [0.05, 0.1) is 0 Å². The molecule has 0 atom stereocenters. The smallest absolute Gasteiger partial charge is 0.224 e. The number of aryl methyl sites for hydroxylation is 3. The Morgan fingerprint density at radius 2 is 1.21 bits per heavy atom. The molecule has 3 aromatic rings. The number of anilines is 2. The second-order valence-electron chi connectivity index (χ2n) is 7.10. The van der Waals surface area contributed by atoms with Gasteiger partial charge in [-0.15, -0.1) is 0 Å². The van der Waals surface area contributed by atoms with E-state index in [1.165, 1.54) is 0 Å². The number of nitrogens with one attached hydrogen (secondary N) is 2. The predicted molar refractivity (Wildman–Crippen MR) is 118 cm³/mol. The summed E-state index contributed by atoms with van der Waals surface area (Å²) in [6.07, 6.45) is 2.22. The zero-order valence-corrected chi connectivity index (χ0v) is 16.7. The fourth-order valence-corrected chi connectivity index (χ4v) is 3.08. The fourth-order valence-electron chi connectivity index (χ4n) is 3.08. The van der Waals surface area contributed by atoms with Crippen molar-refractivity contribution >= 4 is 23.2 Å². The molecule has 148 valence electrons. The van der Waals surface area contributed by atoms with Crippen LogP contribution in [0.15, 0.2) is 78.9 Å². The molecule has 0 aliphatic heterocycles. The van der Waals surface area contributed by atoms with Crippen molar-refractivity contribution < 1.29 is 9.59 Å². The van der Waals surface area contributed by atoms with E-state index in [0.717, 1.165) is 22.4 Å². The highest BCUT2D eigenvalue weighted by atomic mass is 16.2. The molecule has 2 N–H and O–H groups in total. The first kappa shape index (κ1) is 20.3. The van der Waals surface area contributed by atoms with Gasteiger partial charge in [0, 0.05) is 24.2 Å². The Labute approximate surface area is 172 Å². The molecule has 0 saturated heterocycles. The van der Waals surface area contributed by atoms with E-state index >= 15 is 0 Å². The second kappa shape index (κ2) is 10.2. The van der Waals surface area contributed by atoms with E-state index in [4.69, 9.17) is 0 Å². The molecule has 0 unspecified atom stereocenters. The quantitative estimate of drug-likeness (QED) is 0.563. The average molecular weight is 386 g/mol. The van der Waals surface area contributed by atoms with Crippen LogP contribution in [0, 0.1) is 6.92 Å². The van der Waals surface area contributed by atoms with Crippen LogP contribution in [0.4, 0.5) is 11.4 Å². The summed E-state index contributed by atoms with van der Waals surface area (Å²) in [5.74, 6) is -0.0800. The number of rotatable bonds is 8. The van der Waals surface area contributed by atoms with Crippen molar-refractivity contribution in [2.45, 2.75) is 32.6 Å². The summed E-state index contributed by atoms with van der Waals surface area (Å²) in [6.45, 7) is 1.94. The maximum Gasteiger partial charge on any atom is 0.224 e. The number of benzene rings is 3. The van der Waals surface area contributed by atoms with Gasteiger partial charge in [-0.2, -0.15) is 0 Å². The van der Waals surface area contributed by atoms with Gasteiger partial charge in [0.25, 0.3) is 0 Å². The molecule has 4 heteroatoms. The van der Waals surface area contributed by atoms with Gasteiger partial charge < -0.3 is 10.6 Å². The lowest BCUT2D eigenvalue weighted by Gasteiger charge is -2.12. The van der Waals surface area contributed by atoms with Gasteiger partial charge in [-0.05, 0) is 48.6 Å². The summed E-state index contributed by atoms with van der Waals surface area (Å²) < 4.78 is 0. The van der Waals surface area contributed by atoms with Gasteiger partial charge in [-0.25, -0.2) is 0 Å². The van der Waals surface area contributed by atoms with Crippen molar-refractivity contribution in [3.63, 3.8) is 0 Å². The van der Waals surface area contributed by atoms with Crippen LogP contribution in [0.2, 0.25) is 0 Å². The molecule has 29 heavy (non-hydrogen) atoms. The van der Waals surface area contributed by atoms with E-state index in [0.29, 0.717) is 31.4 Å². The summed E-state index contributed by atoms with van der Waals surface area (Å²) in [6, 6.07) is 25.5. The summed E-state index contributed by atoms with van der Waals surface area (Å²) in [7, 11) is 0. The molecule has 3 rings (SSSR count). The van der Waals surface area contributed by atoms with Crippen LogP contribution in [0.1, 0.15) is 29.5 Å². The van der Waals surface area contributed by atoms with Crippen molar-refractivity contribution in [1.29, 1.82) is 0 Å². The maximum absolute atomic E-state index is 12.3. The summed E-state index contributed by atoms with van der Waals surface area (Å²) >= 11 is 0. The summed E-state index contributed by atoms with van der Waals surface area (Å²) in [5.41, 5.74) is 4.65. The lowest BCUT2D eigenvalue weighted by molar-refractivity contribution is -0.116. The first-order chi connectivity index (χ1) is 14.1. The van der Waals surface area contributed by atoms with Gasteiger partial charge in [-0.1, -0.05) is 66.7 Å². The molecular weight excluding hydrogens is 360 g/mol. The van der Waals surface area contributed by atoms with E-state index in [-0.39, 0.29) is 11.8 Å². The summed E-state index contributed by atoms with van der Waals surface area (Å²) in [5, 5.41) is 5.88. The molecule has 0 aliphatic carbocycles. The third-order valence-electron chi connectivity index (χ3n) is 4.76. The number of carbonyl (C=O) groups is 2. The van der Waals surface area contributed by atoms with E-state index in [9.17, 15) is 9.59 Å². The minimum atomic E-state index is -0.0425. The zero-order valence-electron chi connectivity index (χ0n) is 16.7. The molecule has 2 amide bonds. The maximum atomic E-state index is 12.3. The highest BCUT2D eigenvalue weighted by molar-refractivity contribution is 5.94. The molecule has 0 fully saturated rings. The van der Waals surface area contributed by atoms with E-state index in [1.807, 2.05) is 85.8 Å². The zero-order chi connectivity index (χ0) is 20.5. The van der Waals surface area contributed by atoms with Gasteiger partial charge in [0.2, 0.25) is 11.8 Å². The molecule has 3 aromatic carbocycles. The topological polar surface area (TPSA) is 58.2 Å². The highest BCUT2D eigenvalue weighted by Crippen LogP contribution is 2.21. The van der Waals surface area contributed by atoms with E-state index in [1.54, 1.807) is 0 Å². The lowest BCUT2D eigenvalue weighted by atomic mass is 10.1. The van der Waals surface area contributed by atoms with Crippen molar-refractivity contribution in [3.8, 4) is 0 Å². The highest BCUT2D eigenvalue weighted by Gasteiger charge is 2.08. The number of amides is 2. The SMILES string of the molecule is Cc1ccc(NC(=O)CCc2ccccc2)cc1NC(=O)CCc1ccccc1. The monoisotopic (exact) mass is 386 g/mol. The molecule has 0 spiro atoms. The number of hydrogen-bond donors (Lipinski definition) is 2. The normalized spacial score (nSPS) is 10.4. The Kier molecular flexibility index (Phi) is 7.17. The third-order valence-corrected chi connectivity index (χ3v) is 4.76. The van der Waals surface area contributed by atoms with E-state index < -0.39 is 0 Å². The molecular formula is C25H26N2O2. The second-order valence-corrected chi connectivity index (χ2v) is 7.10. The average Bonchev–Trinajstić information content (AvgIpc) is 2.75. The molecule has 0 aliphatic rings. The van der Waals surface area contributed by atoms with E-state index in [2.05, 4.69) is 10.6 Å². The van der Waals surface area contributed by atoms with Crippen LogP contribution in [0.25, 0.3) is 0 Å². The van der Waals surface area contributed by atoms with Crippen LogP contribution in [-0.4, -0.2) is 11.8 Å². The van der Waals surface area contributed by atoms with Gasteiger partial charge in [-0.3, -0.25) is 9.59 Å². The van der Waals surface area contributed by atoms with Gasteiger partial charge in [0.1, 0.15) is 0 Å². The fraction of sp³-hybridized carbons (Fsp3) is 0.200. The molecule has 0 aromatic heterocycles. The van der Waals surface area contributed by atoms with Crippen molar-refractivity contribution in [2.24, 2.45) is 0 Å². The van der Waals surface area contributed by atoms with Crippen LogP contribution >= 0.6 is 0 Å². The van der Waals surface area contributed by atoms with Crippen LogP contribution in [0.3, 0.4) is 0 Å². The third kappa shape index (κ3) is 6.61. The Balaban J connectivity index is 1.53. The first-order valence-corrected chi connectivity index (χ1v) is 9.88. The molecule has 0 heterocycles. The van der Waals surface area contributed by atoms with Crippen molar-refractivity contribution in [3.05, 3.63) is 95.6 Å². The van der Waals surface area contributed by atoms with Gasteiger partial charge in [0.15, 0.2) is 0 Å². The molecule has 0 saturated carbocycles. The van der Waals surface area contributed by atoms with Gasteiger partial charge >= 0.3 is 0 Å². The number of hydrogen-bond acceptors (Lipinski definition) is 2. The summed E-state index contributed by atoms with van der Waals surface area (Å²) in [4.78, 5) is 24.6. The largest absolute Gasteiger partial charge is 0.326 e. The molecule has 4 nitrogen and oxygen atoms in total. The van der Waals surface area contributed by atoms with Crippen molar-refractivity contribution in [1.82, 2.24) is 0 Å². The standard InChI is InChI=1S/C25H26N2O2/c1-19-12-15-22(26-24(28)16-13-20-8-4-2-5-9-20)18-23(19)27-25(29)17-14-21-10-6-3-7-11-21/h2-12,15,18H,13-14,16-17H2,1H3,(H,26,28)(H,27,29).